The Kier molecular flexibility index (Phi) is 2.90. The van der Waals surface area contributed by atoms with Crippen LogP contribution in [0, 0.1) is 0 Å². The van der Waals surface area contributed by atoms with Gasteiger partial charge < -0.3 is 0 Å². The van der Waals surface area contributed by atoms with E-state index in [0.29, 0.717) is 0 Å². The zero-order valence-electron chi connectivity index (χ0n) is 4.85. The van der Waals surface area contributed by atoms with Gasteiger partial charge in [-0.15, -0.1) is 0 Å². The third kappa shape index (κ3) is 1.72. The molecule has 0 rings (SSSR count). The SMILES string of the molecule is FC(F)(F)P(F)(Br)(Br)C(F)(F)F. The molecule has 0 aromatic heterocycles. The van der Waals surface area contributed by atoms with Crippen molar-refractivity contribution < 1.29 is 30.5 Å². The molecule has 0 aliphatic heterocycles. The third-order valence-corrected chi connectivity index (χ3v) is 7.31. The molecule has 0 fully saturated rings. The minimum absolute atomic E-state index is 1.06. The van der Waals surface area contributed by atoms with Crippen LogP contribution in [0.2, 0.25) is 0 Å². The molecule has 0 aromatic carbocycles. The van der Waals surface area contributed by atoms with Crippen molar-refractivity contribution in [1.82, 2.24) is 0 Å². The monoisotopic (exact) mass is 346 g/mol. The summed E-state index contributed by atoms with van der Waals surface area (Å²) in [5.74, 6) is -12.0. The Bertz CT molecular complexity index is 164. The number of rotatable bonds is 0. The van der Waals surface area contributed by atoms with E-state index in [4.69, 9.17) is 0 Å². The van der Waals surface area contributed by atoms with Gasteiger partial charge in [0.15, 0.2) is 0 Å². The van der Waals surface area contributed by atoms with Crippen LogP contribution < -0.4 is 0 Å². The van der Waals surface area contributed by atoms with Crippen LogP contribution >= 0.6 is 35.3 Å². The maximum absolute atomic E-state index is 12.5. The first-order chi connectivity index (χ1) is 4.79. The van der Waals surface area contributed by atoms with Crippen LogP contribution in [-0.2, 0) is 0 Å². The fraction of sp³-hybridized carbons (Fsp3) is 1.00. The van der Waals surface area contributed by atoms with Crippen molar-refractivity contribution in [3.63, 3.8) is 0 Å². The van der Waals surface area contributed by atoms with Gasteiger partial charge in [-0.2, -0.15) is 0 Å². The number of hydrogen-bond acceptors (Lipinski definition) is 0. The van der Waals surface area contributed by atoms with E-state index in [1.807, 2.05) is 0 Å². The molecular weight excluding hydrogens is 348 g/mol. The molecule has 76 valence electrons. The molecule has 0 aliphatic carbocycles. The number of alkyl halides is 6. The molecule has 10 heteroatoms. The molecule has 0 unspecified atom stereocenters. The van der Waals surface area contributed by atoms with Gasteiger partial charge in [0, 0.05) is 0 Å². The zero-order chi connectivity index (χ0) is 10.4. The van der Waals surface area contributed by atoms with Crippen LogP contribution in [0.15, 0.2) is 0 Å². The fourth-order valence-corrected chi connectivity index (χ4v) is 0.431. The first-order valence-corrected chi connectivity index (χ1v) is 8.25. The summed E-state index contributed by atoms with van der Waals surface area (Å²) in [6.07, 6.45) is 0. The molecule has 0 bridgehead atoms. The van der Waals surface area contributed by atoms with E-state index < -0.39 is 16.2 Å². The van der Waals surface area contributed by atoms with Crippen LogP contribution in [-0.4, -0.2) is 11.8 Å². The molecule has 0 saturated carbocycles. The van der Waals surface area contributed by atoms with Crippen molar-refractivity contribution in [2.24, 2.45) is 0 Å². The van der Waals surface area contributed by atoms with Crippen LogP contribution in [0.4, 0.5) is 30.5 Å². The normalized spacial score (nSPS) is 18.6. The molecule has 0 spiro atoms. The Hall–Kier alpha value is 0.900. The van der Waals surface area contributed by atoms with Crippen molar-refractivity contribution >= 4 is 35.3 Å². The molecule has 0 atom stereocenters. The average molecular weight is 348 g/mol. The van der Waals surface area contributed by atoms with Crippen molar-refractivity contribution in [1.29, 1.82) is 0 Å². The fourth-order valence-electron chi connectivity index (χ4n) is 0.144. The first-order valence-electron chi connectivity index (χ1n) is 2.09. The summed E-state index contributed by atoms with van der Waals surface area (Å²) < 4.78 is 74.5. The zero-order valence-corrected chi connectivity index (χ0v) is 8.92. The van der Waals surface area contributed by atoms with E-state index in [0.717, 1.165) is 31.0 Å². The van der Waals surface area contributed by atoms with Gasteiger partial charge in [-0.1, -0.05) is 0 Å². The Morgan fingerprint density at radius 1 is 0.750 bits per heavy atom. The van der Waals surface area contributed by atoms with E-state index in [2.05, 4.69) is 0 Å². The van der Waals surface area contributed by atoms with Crippen molar-refractivity contribution in [2.75, 3.05) is 0 Å². The predicted molar refractivity (Wildman–Crippen MR) is 38.0 cm³/mol. The van der Waals surface area contributed by atoms with Crippen LogP contribution in [0.3, 0.4) is 0 Å². The molecule has 0 saturated heterocycles. The molecule has 0 radical (unpaired) electrons. The Labute approximate surface area is 78.0 Å². The van der Waals surface area contributed by atoms with E-state index in [9.17, 15) is 30.5 Å². The Morgan fingerprint density at radius 2 is 0.917 bits per heavy atom. The van der Waals surface area contributed by atoms with Gasteiger partial charge in [-0.05, 0) is 0 Å². The molecule has 12 heavy (non-hydrogen) atoms. The summed E-state index contributed by atoms with van der Waals surface area (Å²) in [5.41, 5.74) is 0. The van der Waals surface area contributed by atoms with E-state index in [1.54, 1.807) is 0 Å². The van der Waals surface area contributed by atoms with Gasteiger partial charge in [0.05, 0.1) is 0 Å². The number of hydrogen-bond donors (Lipinski definition) is 0. The summed E-state index contributed by atoms with van der Waals surface area (Å²) in [6, 6.07) is 0. The van der Waals surface area contributed by atoms with Gasteiger partial charge in [0.25, 0.3) is 0 Å². The van der Waals surface area contributed by atoms with Crippen molar-refractivity contribution in [3.8, 4) is 0 Å². The summed E-state index contributed by atoms with van der Waals surface area (Å²) in [5, 5.41) is 0. The molecule has 0 aromatic rings. The topological polar surface area (TPSA) is 0 Å². The molecule has 0 N–H and O–H groups in total. The van der Waals surface area contributed by atoms with Crippen molar-refractivity contribution in [2.45, 2.75) is 11.8 Å². The third-order valence-electron chi connectivity index (χ3n) is 0.829. The molecular formula is C2Br2F7P. The quantitative estimate of drug-likeness (QED) is 0.423. The van der Waals surface area contributed by atoms with Crippen molar-refractivity contribution in [3.05, 3.63) is 0 Å². The minimum atomic E-state index is -7.45. The van der Waals surface area contributed by atoms with Gasteiger partial charge in [0.2, 0.25) is 0 Å². The number of halogens is 9. The van der Waals surface area contributed by atoms with E-state index >= 15 is 0 Å². The second-order valence-electron chi connectivity index (χ2n) is 1.75. The van der Waals surface area contributed by atoms with E-state index in [-0.39, 0.29) is 0 Å². The van der Waals surface area contributed by atoms with Gasteiger partial charge in [-0.25, -0.2) is 0 Å². The molecule has 0 nitrogen and oxygen atoms in total. The Balaban J connectivity index is 5.29. The van der Waals surface area contributed by atoms with Gasteiger partial charge in [-0.3, -0.25) is 0 Å². The molecule has 0 amide bonds. The van der Waals surface area contributed by atoms with Gasteiger partial charge >= 0.3 is 77.7 Å². The maximum atomic E-state index is 12.5. The summed E-state index contributed by atoms with van der Waals surface area (Å²) in [7, 11) is 0. The molecule has 0 heterocycles. The second kappa shape index (κ2) is 2.70. The van der Waals surface area contributed by atoms with Crippen LogP contribution in [0.1, 0.15) is 0 Å². The van der Waals surface area contributed by atoms with Crippen LogP contribution in [0.25, 0.3) is 0 Å². The Morgan fingerprint density at radius 3 is 0.917 bits per heavy atom. The van der Waals surface area contributed by atoms with Gasteiger partial charge in [0.1, 0.15) is 0 Å². The standard InChI is InChI=1S/C2Br2F7P/c3-12(4,11,1(5,6)7)2(8,9)10. The predicted octanol–water partition coefficient (Wildman–Crippen LogP) is 5.08. The summed E-state index contributed by atoms with van der Waals surface area (Å²) in [6.45, 7) is 0. The summed E-state index contributed by atoms with van der Waals surface area (Å²) >= 11 is 2.12. The molecule has 0 aliphatic rings. The summed E-state index contributed by atoms with van der Waals surface area (Å²) in [4.78, 5) is 0. The average Bonchev–Trinajstić information content (AvgIpc) is 1.55. The second-order valence-corrected chi connectivity index (χ2v) is 15.2. The van der Waals surface area contributed by atoms with E-state index in [1.165, 1.54) is 0 Å². The van der Waals surface area contributed by atoms with Crippen LogP contribution in [0.5, 0.6) is 0 Å². The first kappa shape index (κ1) is 12.9.